The van der Waals surface area contributed by atoms with Crippen LogP contribution in [-0.2, 0) is 0 Å². The minimum absolute atomic E-state index is 0.932. The van der Waals surface area contributed by atoms with Crippen molar-refractivity contribution in [3.05, 3.63) is 163 Å². The molecule has 3 aromatic heterocycles. The van der Waals surface area contributed by atoms with Gasteiger partial charge in [-0.15, -0.1) is 11.3 Å². The number of para-hydroxylation sites is 3. The number of benzene rings is 7. The summed E-state index contributed by atoms with van der Waals surface area (Å²) in [4.78, 5) is 5.17. The number of hydrogen-bond donors (Lipinski definition) is 0. The molecule has 0 bridgehead atoms. The van der Waals surface area contributed by atoms with Gasteiger partial charge in [0.1, 0.15) is 5.82 Å². The topological polar surface area (TPSA) is 22.8 Å². The Hall–Kier alpha value is -5.97. The molecule has 4 heteroatoms. The summed E-state index contributed by atoms with van der Waals surface area (Å²) >= 11 is 1.88. The molecule has 3 nitrogen and oxygen atoms in total. The van der Waals surface area contributed by atoms with Crippen LogP contribution in [0.1, 0.15) is 5.56 Å². The number of thiophene rings is 1. The molecule has 0 spiro atoms. The molecule has 0 N–H and O–H groups in total. The Labute approximate surface area is 281 Å². The summed E-state index contributed by atoms with van der Waals surface area (Å²) in [5, 5.41) is 5.14. The molecule has 0 radical (unpaired) electrons. The Morgan fingerprint density at radius 2 is 1.21 bits per heavy atom. The first-order chi connectivity index (χ1) is 23.7. The molecule has 0 aliphatic rings. The van der Waals surface area contributed by atoms with Crippen LogP contribution in [0.25, 0.3) is 86.9 Å². The first-order valence-corrected chi connectivity index (χ1v) is 17.1. The highest BCUT2D eigenvalue weighted by molar-refractivity contribution is 7.26. The van der Waals surface area contributed by atoms with Crippen molar-refractivity contribution in [1.82, 2.24) is 14.1 Å². The predicted octanol–water partition coefficient (Wildman–Crippen LogP) is 12.1. The largest absolute Gasteiger partial charge is 0.309 e. The van der Waals surface area contributed by atoms with Crippen molar-refractivity contribution in [3.63, 3.8) is 0 Å². The second-order valence-corrected chi connectivity index (χ2v) is 13.6. The standard InChI is InChI=1S/C44H29N3S/c1-28-20-23-31(24-21-28)47-41-18-6-4-16-38(41)45-44(47)30-10-8-11-32(26-30)46-39-17-5-2-12-34(39)37-27-29(22-25-40(37)46)33-14-9-15-36-35-13-3-7-19-42(35)48-43(33)36/h2-27H,1H3. The molecule has 0 atom stereocenters. The van der Waals surface area contributed by atoms with Gasteiger partial charge in [-0.1, -0.05) is 103 Å². The van der Waals surface area contributed by atoms with E-state index in [4.69, 9.17) is 4.98 Å². The summed E-state index contributed by atoms with van der Waals surface area (Å²) < 4.78 is 7.34. The number of nitrogens with zero attached hydrogens (tertiary/aromatic N) is 3. The van der Waals surface area contributed by atoms with Crippen molar-refractivity contribution < 1.29 is 0 Å². The molecule has 0 aliphatic carbocycles. The maximum absolute atomic E-state index is 5.17. The van der Waals surface area contributed by atoms with Gasteiger partial charge in [0.15, 0.2) is 0 Å². The van der Waals surface area contributed by atoms with Crippen molar-refractivity contribution in [2.75, 3.05) is 0 Å². The average molecular weight is 632 g/mol. The molecule has 226 valence electrons. The Kier molecular flexibility index (Phi) is 5.96. The number of fused-ring (bicyclic) bond motifs is 7. The molecule has 0 saturated carbocycles. The van der Waals surface area contributed by atoms with E-state index in [1.165, 1.54) is 58.7 Å². The van der Waals surface area contributed by atoms with Gasteiger partial charge in [0.05, 0.1) is 22.1 Å². The van der Waals surface area contributed by atoms with Gasteiger partial charge in [-0.2, -0.15) is 0 Å². The van der Waals surface area contributed by atoms with E-state index in [1.807, 2.05) is 11.3 Å². The first kappa shape index (κ1) is 27.2. The van der Waals surface area contributed by atoms with Crippen LogP contribution in [0.2, 0.25) is 0 Å². The van der Waals surface area contributed by atoms with Gasteiger partial charge in [-0.3, -0.25) is 4.57 Å². The zero-order valence-electron chi connectivity index (χ0n) is 26.3. The minimum atomic E-state index is 0.932. The van der Waals surface area contributed by atoms with Gasteiger partial charge in [-0.05, 0) is 78.7 Å². The fourth-order valence-electron chi connectivity index (χ4n) is 7.35. The maximum atomic E-state index is 5.17. The van der Waals surface area contributed by atoms with Crippen molar-refractivity contribution in [1.29, 1.82) is 0 Å². The zero-order valence-corrected chi connectivity index (χ0v) is 27.1. The van der Waals surface area contributed by atoms with Crippen LogP contribution in [0.5, 0.6) is 0 Å². The van der Waals surface area contributed by atoms with Crippen LogP contribution >= 0.6 is 11.3 Å². The highest BCUT2D eigenvalue weighted by Gasteiger charge is 2.18. The lowest BCUT2D eigenvalue weighted by atomic mass is 10.0. The van der Waals surface area contributed by atoms with Crippen molar-refractivity contribution >= 4 is 64.3 Å². The van der Waals surface area contributed by atoms with E-state index in [2.05, 4.69) is 174 Å². The van der Waals surface area contributed by atoms with E-state index in [0.717, 1.165) is 33.8 Å². The number of aryl methyl sites for hydroxylation is 1. The third kappa shape index (κ3) is 4.09. The Bertz CT molecular complexity index is 2850. The average Bonchev–Trinajstić information content (AvgIpc) is 3.82. The van der Waals surface area contributed by atoms with E-state index in [-0.39, 0.29) is 0 Å². The van der Waals surface area contributed by atoms with E-state index in [0.29, 0.717) is 0 Å². The van der Waals surface area contributed by atoms with Crippen molar-refractivity contribution in [2.45, 2.75) is 6.92 Å². The monoisotopic (exact) mass is 631 g/mol. The smallest absolute Gasteiger partial charge is 0.145 e. The molecule has 10 aromatic rings. The molecule has 0 unspecified atom stereocenters. The summed E-state index contributed by atoms with van der Waals surface area (Å²) in [7, 11) is 0. The highest BCUT2D eigenvalue weighted by atomic mass is 32.1. The summed E-state index contributed by atoms with van der Waals surface area (Å²) in [6.45, 7) is 2.12. The normalized spacial score (nSPS) is 11.9. The molecule has 3 heterocycles. The van der Waals surface area contributed by atoms with Gasteiger partial charge in [0.25, 0.3) is 0 Å². The van der Waals surface area contributed by atoms with Crippen LogP contribution in [0.4, 0.5) is 0 Å². The fraction of sp³-hybridized carbons (Fsp3) is 0.0227. The summed E-state index contributed by atoms with van der Waals surface area (Å²) in [6, 6.07) is 57.1. The van der Waals surface area contributed by atoms with Gasteiger partial charge in [-0.25, -0.2) is 4.98 Å². The van der Waals surface area contributed by atoms with Crippen LogP contribution < -0.4 is 0 Å². The summed E-state index contributed by atoms with van der Waals surface area (Å²) in [5.74, 6) is 0.932. The van der Waals surface area contributed by atoms with Crippen LogP contribution in [0.3, 0.4) is 0 Å². The van der Waals surface area contributed by atoms with Crippen molar-refractivity contribution in [2.24, 2.45) is 0 Å². The van der Waals surface area contributed by atoms with Crippen LogP contribution in [-0.4, -0.2) is 14.1 Å². The maximum Gasteiger partial charge on any atom is 0.145 e. The number of imidazole rings is 1. The zero-order chi connectivity index (χ0) is 31.8. The van der Waals surface area contributed by atoms with E-state index < -0.39 is 0 Å². The molecular formula is C44H29N3S. The molecule has 7 aromatic carbocycles. The minimum Gasteiger partial charge on any atom is -0.309 e. The molecule has 0 amide bonds. The number of hydrogen-bond acceptors (Lipinski definition) is 2. The fourth-order valence-corrected chi connectivity index (χ4v) is 8.59. The van der Waals surface area contributed by atoms with Gasteiger partial charge in [0.2, 0.25) is 0 Å². The van der Waals surface area contributed by atoms with E-state index in [1.54, 1.807) is 0 Å². The second-order valence-electron chi connectivity index (χ2n) is 12.5. The Balaban J connectivity index is 1.17. The molecular weight excluding hydrogens is 603 g/mol. The van der Waals surface area contributed by atoms with Crippen molar-refractivity contribution in [3.8, 4) is 33.9 Å². The second kappa shape index (κ2) is 10.5. The lowest BCUT2D eigenvalue weighted by Gasteiger charge is -2.13. The molecule has 48 heavy (non-hydrogen) atoms. The summed E-state index contributed by atoms with van der Waals surface area (Å²) in [6.07, 6.45) is 0. The third-order valence-corrected chi connectivity index (χ3v) is 10.8. The van der Waals surface area contributed by atoms with E-state index >= 15 is 0 Å². The van der Waals surface area contributed by atoms with Crippen LogP contribution in [0.15, 0.2) is 158 Å². The first-order valence-electron chi connectivity index (χ1n) is 16.3. The molecule has 10 rings (SSSR count). The number of rotatable bonds is 4. The Morgan fingerprint density at radius 3 is 2.10 bits per heavy atom. The summed E-state index contributed by atoms with van der Waals surface area (Å²) in [5.41, 5.74) is 11.5. The number of aromatic nitrogens is 3. The lowest BCUT2D eigenvalue weighted by molar-refractivity contribution is 1.10. The highest BCUT2D eigenvalue weighted by Crippen LogP contribution is 2.42. The lowest BCUT2D eigenvalue weighted by Crippen LogP contribution is -1.99. The quantitative estimate of drug-likeness (QED) is 0.189. The van der Waals surface area contributed by atoms with Gasteiger partial charge < -0.3 is 4.57 Å². The molecule has 0 fully saturated rings. The van der Waals surface area contributed by atoms with Gasteiger partial charge in [0, 0.05) is 47.9 Å². The molecule has 0 saturated heterocycles. The van der Waals surface area contributed by atoms with Crippen LogP contribution in [0, 0.1) is 6.92 Å². The predicted molar refractivity (Wildman–Crippen MR) is 204 cm³/mol. The SMILES string of the molecule is Cc1ccc(-n2c(-c3cccc(-n4c5ccccc5c5cc(-c6cccc7c6sc6ccccc67)ccc54)c3)nc3ccccc32)cc1. The molecule has 0 aliphatic heterocycles. The third-order valence-electron chi connectivity index (χ3n) is 9.60. The van der Waals surface area contributed by atoms with E-state index in [9.17, 15) is 0 Å². The Morgan fingerprint density at radius 1 is 0.479 bits per heavy atom. The van der Waals surface area contributed by atoms with Gasteiger partial charge >= 0.3 is 0 Å².